The minimum Gasteiger partial charge on any atom is -0.465 e. The molecule has 0 radical (unpaired) electrons. The van der Waals surface area contributed by atoms with Gasteiger partial charge in [0.25, 0.3) is 0 Å². The van der Waals surface area contributed by atoms with Crippen molar-refractivity contribution >= 4 is 28.7 Å². The standard InChI is InChI=1S/C19H17FO3S/c1-2-23-19(22)18-15(12-5-3-6-14(20)9-12)10-13(11-16(18)21)17-7-4-8-24-17/h3-9,11,15,18H,2,10H2,1H3/t15-,18+/m1/s1. The van der Waals surface area contributed by atoms with Gasteiger partial charge in [-0.15, -0.1) is 11.3 Å². The first-order valence-electron chi connectivity index (χ1n) is 7.80. The number of rotatable bonds is 4. The fraction of sp³-hybridized carbons (Fsp3) is 0.263. The van der Waals surface area contributed by atoms with Gasteiger partial charge in [0.05, 0.1) is 6.61 Å². The molecule has 0 saturated heterocycles. The summed E-state index contributed by atoms with van der Waals surface area (Å²) in [5.41, 5.74) is 1.52. The lowest BCUT2D eigenvalue weighted by molar-refractivity contribution is -0.151. The van der Waals surface area contributed by atoms with Crippen LogP contribution in [0.25, 0.3) is 5.57 Å². The van der Waals surface area contributed by atoms with Crippen LogP contribution in [0.4, 0.5) is 4.39 Å². The minimum atomic E-state index is -0.921. The van der Waals surface area contributed by atoms with E-state index >= 15 is 0 Å². The average Bonchev–Trinajstić information content (AvgIpc) is 3.08. The fourth-order valence-electron chi connectivity index (χ4n) is 3.07. The molecule has 0 bridgehead atoms. The number of hydrogen-bond donors (Lipinski definition) is 0. The Kier molecular flexibility index (Phi) is 4.90. The van der Waals surface area contributed by atoms with Gasteiger partial charge in [-0.25, -0.2) is 4.39 Å². The molecule has 124 valence electrons. The topological polar surface area (TPSA) is 43.4 Å². The molecule has 5 heteroatoms. The maximum atomic E-state index is 13.7. The van der Waals surface area contributed by atoms with Crippen molar-refractivity contribution in [2.45, 2.75) is 19.3 Å². The Morgan fingerprint density at radius 1 is 1.33 bits per heavy atom. The molecule has 2 atom stereocenters. The molecule has 0 N–H and O–H groups in total. The zero-order valence-electron chi connectivity index (χ0n) is 13.2. The third kappa shape index (κ3) is 3.31. The number of hydrogen-bond acceptors (Lipinski definition) is 4. The highest BCUT2D eigenvalue weighted by atomic mass is 32.1. The van der Waals surface area contributed by atoms with Crippen molar-refractivity contribution in [2.75, 3.05) is 6.61 Å². The Balaban J connectivity index is 2.02. The summed E-state index contributed by atoms with van der Waals surface area (Å²) in [6.45, 7) is 1.91. The lowest BCUT2D eigenvalue weighted by atomic mass is 9.74. The van der Waals surface area contributed by atoms with Crippen LogP contribution in [-0.4, -0.2) is 18.4 Å². The second kappa shape index (κ2) is 7.09. The Hall–Kier alpha value is -2.27. The molecule has 2 aromatic rings. The van der Waals surface area contributed by atoms with Crippen LogP contribution in [0.5, 0.6) is 0 Å². The van der Waals surface area contributed by atoms with Crippen LogP contribution in [0, 0.1) is 11.7 Å². The quantitative estimate of drug-likeness (QED) is 0.616. The van der Waals surface area contributed by atoms with Crippen LogP contribution in [0.3, 0.4) is 0 Å². The lowest BCUT2D eigenvalue weighted by Crippen LogP contribution is -2.34. The number of benzene rings is 1. The molecule has 0 spiro atoms. The Labute approximate surface area is 143 Å². The van der Waals surface area contributed by atoms with Gasteiger partial charge in [0.15, 0.2) is 5.78 Å². The predicted octanol–water partition coefficient (Wildman–Crippen LogP) is 4.21. The molecule has 0 unspecified atom stereocenters. The van der Waals surface area contributed by atoms with E-state index in [1.165, 1.54) is 18.2 Å². The first-order chi connectivity index (χ1) is 11.6. The highest BCUT2D eigenvalue weighted by molar-refractivity contribution is 7.11. The second-order valence-corrected chi connectivity index (χ2v) is 6.59. The van der Waals surface area contributed by atoms with E-state index in [2.05, 4.69) is 0 Å². The molecule has 3 rings (SSSR count). The first-order valence-corrected chi connectivity index (χ1v) is 8.68. The number of thiophene rings is 1. The molecule has 1 aromatic carbocycles. The molecule has 0 aliphatic heterocycles. The van der Waals surface area contributed by atoms with Gasteiger partial charge < -0.3 is 4.74 Å². The van der Waals surface area contributed by atoms with Crippen LogP contribution in [0.15, 0.2) is 47.9 Å². The summed E-state index contributed by atoms with van der Waals surface area (Å²) in [5.74, 6) is -2.55. The van der Waals surface area contributed by atoms with E-state index in [-0.39, 0.29) is 18.2 Å². The zero-order chi connectivity index (χ0) is 17.1. The van der Waals surface area contributed by atoms with Crippen molar-refractivity contribution in [1.29, 1.82) is 0 Å². The summed E-state index contributed by atoms with van der Waals surface area (Å²) in [6, 6.07) is 9.95. The normalized spacial score (nSPS) is 20.6. The van der Waals surface area contributed by atoms with Crippen molar-refractivity contribution in [3.05, 3.63) is 64.1 Å². The monoisotopic (exact) mass is 344 g/mol. The van der Waals surface area contributed by atoms with E-state index in [4.69, 9.17) is 4.74 Å². The molecule has 0 amide bonds. The molecule has 1 aromatic heterocycles. The van der Waals surface area contributed by atoms with Crippen LogP contribution in [-0.2, 0) is 14.3 Å². The Bertz CT molecular complexity index is 780. The van der Waals surface area contributed by atoms with Crippen molar-refractivity contribution in [1.82, 2.24) is 0 Å². The SMILES string of the molecule is CCOC(=O)[C@@H]1C(=O)C=C(c2cccs2)C[C@@H]1c1cccc(F)c1. The smallest absolute Gasteiger partial charge is 0.317 e. The van der Waals surface area contributed by atoms with Crippen LogP contribution in [0.2, 0.25) is 0 Å². The van der Waals surface area contributed by atoms with E-state index in [0.717, 1.165) is 10.5 Å². The van der Waals surface area contributed by atoms with E-state index < -0.39 is 17.8 Å². The minimum absolute atomic E-state index is 0.208. The summed E-state index contributed by atoms with van der Waals surface area (Å²) in [6.07, 6.45) is 2.03. The maximum absolute atomic E-state index is 13.7. The van der Waals surface area contributed by atoms with Gasteiger partial charge in [-0.1, -0.05) is 18.2 Å². The molecule has 1 heterocycles. The number of esters is 1. The molecular weight excluding hydrogens is 327 g/mol. The summed E-state index contributed by atoms with van der Waals surface area (Å²) < 4.78 is 18.7. The second-order valence-electron chi connectivity index (χ2n) is 5.64. The number of carbonyl (C=O) groups excluding carboxylic acids is 2. The third-order valence-electron chi connectivity index (χ3n) is 4.12. The highest BCUT2D eigenvalue weighted by Gasteiger charge is 2.40. The van der Waals surface area contributed by atoms with Gasteiger partial charge in [-0.3, -0.25) is 9.59 Å². The Morgan fingerprint density at radius 3 is 2.83 bits per heavy atom. The average molecular weight is 344 g/mol. The molecule has 3 nitrogen and oxygen atoms in total. The molecule has 1 aliphatic rings. The van der Waals surface area contributed by atoms with Gasteiger partial charge in [0.1, 0.15) is 11.7 Å². The van der Waals surface area contributed by atoms with Crippen LogP contribution < -0.4 is 0 Å². The largest absolute Gasteiger partial charge is 0.465 e. The van der Waals surface area contributed by atoms with Crippen molar-refractivity contribution in [3.8, 4) is 0 Å². The molecule has 0 fully saturated rings. The molecular formula is C19H17FO3S. The number of allylic oxidation sites excluding steroid dienone is 2. The van der Waals surface area contributed by atoms with E-state index in [0.29, 0.717) is 12.0 Å². The van der Waals surface area contributed by atoms with E-state index in [1.54, 1.807) is 30.4 Å². The van der Waals surface area contributed by atoms with Gasteiger partial charge >= 0.3 is 5.97 Å². The number of ether oxygens (including phenoxy) is 1. The highest BCUT2D eigenvalue weighted by Crippen LogP contribution is 2.41. The fourth-order valence-corrected chi connectivity index (χ4v) is 3.82. The summed E-state index contributed by atoms with van der Waals surface area (Å²) in [7, 11) is 0. The van der Waals surface area contributed by atoms with Crippen LogP contribution in [0.1, 0.15) is 29.7 Å². The molecule has 0 saturated carbocycles. The molecule has 1 aliphatic carbocycles. The predicted molar refractivity (Wildman–Crippen MR) is 91.2 cm³/mol. The van der Waals surface area contributed by atoms with Gasteiger partial charge in [-0.2, -0.15) is 0 Å². The summed E-state index contributed by atoms with van der Waals surface area (Å²) in [4.78, 5) is 25.9. The van der Waals surface area contributed by atoms with E-state index in [9.17, 15) is 14.0 Å². The van der Waals surface area contributed by atoms with Crippen molar-refractivity contribution in [3.63, 3.8) is 0 Å². The molecule has 24 heavy (non-hydrogen) atoms. The lowest BCUT2D eigenvalue weighted by Gasteiger charge is -2.29. The maximum Gasteiger partial charge on any atom is 0.317 e. The van der Waals surface area contributed by atoms with Gasteiger partial charge in [0, 0.05) is 10.8 Å². The number of carbonyl (C=O) groups is 2. The number of halogens is 1. The summed E-state index contributed by atoms with van der Waals surface area (Å²) >= 11 is 1.54. The van der Waals surface area contributed by atoms with Crippen LogP contribution >= 0.6 is 11.3 Å². The zero-order valence-corrected chi connectivity index (χ0v) is 14.0. The van der Waals surface area contributed by atoms with Gasteiger partial charge in [-0.05, 0) is 54.1 Å². The number of ketones is 1. The summed E-state index contributed by atoms with van der Waals surface area (Å²) in [5, 5.41) is 1.94. The first kappa shape index (κ1) is 16.6. The van der Waals surface area contributed by atoms with Crippen molar-refractivity contribution in [2.24, 2.45) is 5.92 Å². The van der Waals surface area contributed by atoms with Gasteiger partial charge in [0.2, 0.25) is 0 Å². The third-order valence-corrected chi connectivity index (χ3v) is 5.07. The Morgan fingerprint density at radius 2 is 2.17 bits per heavy atom. The van der Waals surface area contributed by atoms with E-state index in [1.807, 2.05) is 17.5 Å². The van der Waals surface area contributed by atoms with Crippen molar-refractivity contribution < 1.29 is 18.7 Å².